The third kappa shape index (κ3) is 7.20. The van der Waals surface area contributed by atoms with Gasteiger partial charge in [-0.25, -0.2) is 4.39 Å². The number of methoxy groups -OCH3 is 1. The summed E-state index contributed by atoms with van der Waals surface area (Å²) in [6.07, 6.45) is 1.88. The van der Waals surface area contributed by atoms with E-state index in [-0.39, 0.29) is 54.8 Å². The van der Waals surface area contributed by atoms with Gasteiger partial charge in [0.25, 0.3) is 0 Å². The Labute approximate surface area is 262 Å². The molecule has 10 nitrogen and oxygen atoms in total. The molecule has 1 aromatic heterocycles. The monoisotopic (exact) mass is 599 g/mol. The first-order chi connectivity index (χ1) is 20.2. The van der Waals surface area contributed by atoms with Gasteiger partial charge < -0.3 is 34.7 Å². The van der Waals surface area contributed by atoms with Gasteiger partial charge in [-0.05, 0) is 55.3 Å². The zero-order valence-electron chi connectivity index (χ0n) is 23.2. The fraction of sp³-hybridized carbons (Fsp3) is 0.200. The number of amides is 2. The molecule has 2 N–H and O–H groups in total. The Bertz CT molecular complexity index is 1700. The third-order valence-corrected chi connectivity index (χ3v) is 6.90. The van der Waals surface area contributed by atoms with E-state index in [0.29, 0.717) is 40.2 Å². The predicted octanol–water partition coefficient (Wildman–Crippen LogP) is 1.71. The number of hydrogen-bond acceptors (Lipinski definition) is 8. The van der Waals surface area contributed by atoms with E-state index in [2.05, 4.69) is 15.6 Å². The minimum atomic E-state index is -1.25. The van der Waals surface area contributed by atoms with Gasteiger partial charge >= 0.3 is 18.9 Å². The molecule has 0 unspecified atom stereocenters. The molecule has 1 aliphatic rings. The van der Waals surface area contributed by atoms with Crippen LogP contribution in [0.25, 0.3) is 10.9 Å². The van der Waals surface area contributed by atoms with E-state index in [1.54, 1.807) is 42.5 Å². The molecule has 43 heavy (non-hydrogen) atoms. The van der Waals surface area contributed by atoms with Crippen molar-refractivity contribution in [2.24, 2.45) is 5.41 Å². The molecule has 0 atom stereocenters. The van der Waals surface area contributed by atoms with Gasteiger partial charge in [0, 0.05) is 52.5 Å². The van der Waals surface area contributed by atoms with Gasteiger partial charge in [0.1, 0.15) is 11.2 Å². The van der Waals surface area contributed by atoms with Gasteiger partial charge in [-0.2, -0.15) is 0 Å². The number of aliphatic carboxylic acids is 1. The molecule has 0 aliphatic heterocycles. The van der Waals surface area contributed by atoms with Crippen molar-refractivity contribution in [3.05, 3.63) is 77.7 Å². The topological polar surface area (TPSA) is 139 Å². The molecule has 0 spiro atoms. The zero-order chi connectivity index (χ0) is 29.9. The van der Waals surface area contributed by atoms with Gasteiger partial charge in [-0.3, -0.25) is 14.6 Å². The average molecular weight is 600 g/mol. The largest absolute Gasteiger partial charge is 1.00 e. The van der Waals surface area contributed by atoms with E-state index in [1.807, 2.05) is 0 Å². The van der Waals surface area contributed by atoms with Crippen molar-refractivity contribution < 1.29 is 57.0 Å². The Hall–Kier alpha value is -4.30. The van der Waals surface area contributed by atoms with Crippen LogP contribution in [0.15, 0.2) is 66.9 Å². The van der Waals surface area contributed by atoms with E-state index >= 15 is 4.39 Å². The van der Waals surface area contributed by atoms with Crippen LogP contribution in [-0.4, -0.2) is 36.5 Å². The molecule has 1 fully saturated rings. The number of nitrogens with one attached hydrogen (secondary N) is 2. The molecule has 0 radical (unpaired) electrons. The van der Waals surface area contributed by atoms with Crippen LogP contribution in [0.5, 0.6) is 23.0 Å². The van der Waals surface area contributed by atoms with Crippen molar-refractivity contribution in [3.8, 4) is 23.0 Å². The fourth-order valence-electron chi connectivity index (χ4n) is 4.26. The Kier molecular flexibility index (Phi) is 9.81. The summed E-state index contributed by atoms with van der Waals surface area (Å²) < 4.78 is 31.8. The predicted molar refractivity (Wildman–Crippen MR) is 150 cm³/mol. The standard InChI is InChI=1S/C30H25ClFN3O7.Li/c1-40-25-15-20-22(16-26(25)41-12-8-27(36)37)33-11-7-23(20)42-24-6-5-19(14-21(24)32)35-29(39)30(9-10-30)28(38)34-18-4-2-3-17(31)13-18;/h2-7,11,13-16H,8-10,12H2,1H3,(H,34,38)(H,35,39)(H,36,37);/q;+1/p-1. The Balaban J connectivity index is 0.00000423. The molecular weight excluding hydrogens is 576 g/mol. The average Bonchev–Trinajstić information content (AvgIpc) is 3.77. The number of benzene rings is 3. The summed E-state index contributed by atoms with van der Waals surface area (Å²) in [6.45, 7) is -0.123. The van der Waals surface area contributed by atoms with Crippen LogP contribution in [0.1, 0.15) is 19.3 Å². The summed E-state index contributed by atoms with van der Waals surface area (Å²) in [6, 6.07) is 15.2. The Morgan fingerprint density at radius 1 is 0.953 bits per heavy atom. The van der Waals surface area contributed by atoms with Crippen molar-refractivity contribution in [3.63, 3.8) is 0 Å². The van der Waals surface area contributed by atoms with Gasteiger partial charge in [-0.1, -0.05) is 17.7 Å². The van der Waals surface area contributed by atoms with E-state index in [0.717, 1.165) is 6.07 Å². The second-order valence-corrected chi connectivity index (χ2v) is 9.98. The van der Waals surface area contributed by atoms with E-state index in [9.17, 15) is 19.5 Å². The molecule has 13 heteroatoms. The Morgan fingerprint density at radius 2 is 1.67 bits per heavy atom. The molecular formula is C30H24ClFLiN3O7. The molecule has 1 heterocycles. The van der Waals surface area contributed by atoms with Gasteiger partial charge in [0.15, 0.2) is 23.1 Å². The van der Waals surface area contributed by atoms with E-state index < -0.39 is 29.0 Å². The van der Waals surface area contributed by atoms with Crippen LogP contribution in [-0.2, 0) is 14.4 Å². The van der Waals surface area contributed by atoms with E-state index in [4.69, 9.17) is 25.8 Å². The summed E-state index contributed by atoms with van der Waals surface area (Å²) in [5, 5.41) is 17.0. The number of ether oxygens (including phenoxy) is 3. The minimum absolute atomic E-state index is 0. The van der Waals surface area contributed by atoms with Gasteiger partial charge in [0.05, 0.1) is 19.2 Å². The molecule has 1 aliphatic carbocycles. The number of pyridine rings is 1. The number of aromatic nitrogens is 1. The first-order valence-electron chi connectivity index (χ1n) is 12.8. The molecule has 0 saturated heterocycles. The van der Waals surface area contributed by atoms with Crippen molar-refractivity contribution in [2.75, 3.05) is 24.4 Å². The first-order valence-corrected chi connectivity index (χ1v) is 13.2. The quantitative estimate of drug-likeness (QED) is 0.196. The van der Waals surface area contributed by atoms with Crippen molar-refractivity contribution in [1.29, 1.82) is 0 Å². The second kappa shape index (κ2) is 13.3. The maximum atomic E-state index is 15.1. The molecule has 2 amide bonds. The fourth-order valence-corrected chi connectivity index (χ4v) is 4.45. The van der Waals surface area contributed by atoms with Crippen LogP contribution < -0.4 is 48.8 Å². The number of nitrogens with zero attached hydrogens (tertiary/aromatic N) is 1. The number of hydrogen-bond donors (Lipinski definition) is 2. The number of carbonyl (C=O) groups excluding carboxylic acids is 3. The molecule has 216 valence electrons. The summed E-state index contributed by atoms with van der Waals surface area (Å²) in [5.41, 5.74) is -0.186. The molecule has 0 bridgehead atoms. The Morgan fingerprint density at radius 3 is 2.30 bits per heavy atom. The smallest absolute Gasteiger partial charge is 0.550 e. The van der Waals surface area contributed by atoms with Crippen LogP contribution in [0, 0.1) is 11.2 Å². The summed E-state index contributed by atoms with van der Waals surface area (Å²) >= 11 is 5.97. The number of carboxylic acids is 1. The number of rotatable bonds is 11. The summed E-state index contributed by atoms with van der Waals surface area (Å²) in [4.78, 5) is 40.8. The summed E-state index contributed by atoms with van der Waals surface area (Å²) in [5.74, 6) is -2.28. The number of fused-ring (bicyclic) bond motifs is 1. The third-order valence-electron chi connectivity index (χ3n) is 6.66. The number of carboxylic acid groups (broad SMARTS) is 1. The number of halogens is 2. The van der Waals surface area contributed by atoms with E-state index in [1.165, 1.54) is 25.4 Å². The number of carbonyl (C=O) groups is 3. The summed E-state index contributed by atoms with van der Waals surface area (Å²) in [7, 11) is 1.42. The second-order valence-electron chi connectivity index (χ2n) is 9.55. The molecule has 4 aromatic rings. The van der Waals surface area contributed by atoms with Crippen LogP contribution in [0.3, 0.4) is 0 Å². The normalized spacial score (nSPS) is 12.9. The van der Waals surface area contributed by atoms with Crippen LogP contribution in [0.4, 0.5) is 15.8 Å². The van der Waals surface area contributed by atoms with Crippen LogP contribution in [0.2, 0.25) is 5.02 Å². The maximum Gasteiger partial charge on any atom is 1.00 e. The van der Waals surface area contributed by atoms with Crippen molar-refractivity contribution in [2.45, 2.75) is 19.3 Å². The zero-order valence-corrected chi connectivity index (χ0v) is 24.0. The SMILES string of the molecule is COc1cc2c(Oc3ccc(NC(=O)C4(C(=O)Nc5cccc(Cl)c5)CC4)cc3F)ccnc2cc1OCCC(=O)[O-].[Li+]. The molecule has 5 rings (SSSR count). The van der Waals surface area contributed by atoms with Crippen molar-refractivity contribution in [1.82, 2.24) is 4.98 Å². The first kappa shape index (κ1) is 31.6. The van der Waals surface area contributed by atoms with Gasteiger partial charge in [0.2, 0.25) is 11.8 Å². The molecule has 1 saturated carbocycles. The maximum absolute atomic E-state index is 15.1. The van der Waals surface area contributed by atoms with Crippen LogP contribution >= 0.6 is 11.6 Å². The van der Waals surface area contributed by atoms with Crippen molar-refractivity contribution >= 4 is 51.7 Å². The minimum Gasteiger partial charge on any atom is -0.550 e. The molecule has 3 aromatic carbocycles. The van der Waals surface area contributed by atoms with Gasteiger partial charge in [-0.15, -0.1) is 0 Å². The number of anilines is 2.